The SMILES string of the molecule is CCN(C(=O)c1ccncc1C#CCN)C(C)COC. The minimum Gasteiger partial charge on any atom is -0.383 e. The first-order valence-electron chi connectivity index (χ1n) is 6.58. The lowest BCUT2D eigenvalue weighted by Crippen LogP contribution is -2.41. The van der Waals surface area contributed by atoms with Crippen LogP contribution in [0, 0.1) is 11.8 Å². The molecule has 20 heavy (non-hydrogen) atoms. The maximum Gasteiger partial charge on any atom is 0.255 e. The van der Waals surface area contributed by atoms with E-state index in [2.05, 4.69) is 16.8 Å². The first kappa shape index (κ1) is 16.2. The number of aromatic nitrogens is 1. The molecule has 1 amide bonds. The topological polar surface area (TPSA) is 68.5 Å². The van der Waals surface area contributed by atoms with Gasteiger partial charge in [-0.3, -0.25) is 9.78 Å². The monoisotopic (exact) mass is 275 g/mol. The summed E-state index contributed by atoms with van der Waals surface area (Å²) in [5.41, 5.74) is 6.52. The van der Waals surface area contributed by atoms with Crippen molar-refractivity contribution in [1.29, 1.82) is 0 Å². The van der Waals surface area contributed by atoms with E-state index in [1.54, 1.807) is 30.5 Å². The Bertz CT molecular complexity index is 505. The van der Waals surface area contributed by atoms with Gasteiger partial charge in [0.2, 0.25) is 0 Å². The second-order valence-electron chi connectivity index (χ2n) is 4.32. The van der Waals surface area contributed by atoms with Crippen molar-refractivity contribution in [2.24, 2.45) is 5.73 Å². The number of pyridine rings is 1. The van der Waals surface area contributed by atoms with Crippen LogP contribution < -0.4 is 5.73 Å². The van der Waals surface area contributed by atoms with Crippen LogP contribution in [0.5, 0.6) is 0 Å². The summed E-state index contributed by atoms with van der Waals surface area (Å²) in [6, 6.07) is 1.69. The minimum atomic E-state index is -0.0687. The van der Waals surface area contributed by atoms with Crippen LogP contribution in [0.15, 0.2) is 18.5 Å². The summed E-state index contributed by atoms with van der Waals surface area (Å²) in [5, 5.41) is 0. The van der Waals surface area contributed by atoms with Gasteiger partial charge in [-0.1, -0.05) is 11.8 Å². The first-order chi connectivity index (χ1) is 9.65. The summed E-state index contributed by atoms with van der Waals surface area (Å²) in [5.74, 6) is 5.57. The Hall–Kier alpha value is -1.90. The third kappa shape index (κ3) is 4.05. The van der Waals surface area contributed by atoms with Crippen molar-refractivity contribution in [2.45, 2.75) is 19.9 Å². The molecule has 1 heterocycles. The fourth-order valence-electron chi connectivity index (χ4n) is 1.97. The molecule has 0 saturated carbocycles. The molecule has 1 aromatic heterocycles. The van der Waals surface area contributed by atoms with Gasteiger partial charge in [0, 0.05) is 26.0 Å². The molecule has 0 radical (unpaired) electrons. The van der Waals surface area contributed by atoms with Crippen LogP contribution >= 0.6 is 0 Å². The van der Waals surface area contributed by atoms with Gasteiger partial charge in [0.25, 0.3) is 5.91 Å². The molecular formula is C15H21N3O2. The van der Waals surface area contributed by atoms with Gasteiger partial charge < -0.3 is 15.4 Å². The zero-order valence-corrected chi connectivity index (χ0v) is 12.2. The summed E-state index contributed by atoms with van der Waals surface area (Å²) in [7, 11) is 1.62. The molecule has 0 saturated heterocycles. The molecule has 1 atom stereocenters. The van der Waals surface area contributed by atoms with Crippen molar-refractivity contribution in [1.82, 2.24) is 9.88 Å². The molecule has 0 bridgehead atoms. The number of hydrogen-bond acceptors (Lipinski definition) is 4. The highest BCUT2D eigenvalue weighted by Gasteiger charge is 2.21. The lowest BCUT2D eigenvalue weighted by molar-refractivity contribution is 0.0579. The Labute approximate surface area is 120 Å². The summed E-state index contributed by atoms with van der Waals surface area (Å²) >= 11 is 0. The Balaban J connectivity index is 3.06. The predicted octanol–water partition coefficient (Wildman–Crippen LogP) is 0.889. The summed E-state index contributed by atoms with van der Waals surface area (Å²) in [6.07, 6.45) is 3.18. The maximum absolute atomic E-state index is 12.6. The van der Waals surface area contributed by atoms with E-state index in [9.17, 15) is 4.79 Å². The quantitative estimate of drug-likeness (QED) is 0.810. The molecule has 1 unspecified atom stereocenters. The summed E-state index contributed by atoms with van der Waals surface area (Å²) in [6.45, 7) is 5.25. The van der Waals surface area contributed by atoms with Crippen molar-refractivity contribution in [3.05, 3.63) is 29.6 Å². The third-order valence-electron chi connectivity index (χ3n) is 2.92. The number of rotatable bonds is 5. The van der Waals surface area contributed by atoms with Gasteiger partial charge in [-0.05, 0) is 19.9 Å². The zero-order chi connectivity index (χ0) is 15.0. The lowest BCUT2D eigenvalue weighted by atomic mass is 10.1. The molecule has 0 aliphatic carbocycles. The molecule has 0 aliphatic heterocycles. The van der Waals surface area contributed by atoms with Crippen LogP contribution in [0.3, 0.4) is 0 Å². The van der Waals surface area contributed by atoms with Gasteiger partial charge in [0.1, 0.15) is 0 Å². The lowest BCUT2D eigenvalue weighted by Gasteiger charge is -2.27. The molecule has 0 spiro atoms. The fraction of sp³-hybridized carbons (Fsp3) is 0.467. The molecule has 0 aromatic carbocycles. The van der Waals surface area contributed by atoms with E-state index in [1.165, 1.54) is 0 Å². The van der Waals surface area contributed by atoms with Crippen molar-refractivity contribution in [2.75, 3.05) is 26.8 Å². The smallest absolute Gasteiger partial charge is 0.255 e. The number of nitrogens with zero attached hydrogens (tertiary/aromatic N) is 2. The maximum atomic E-state index is 12.6. The van der Waals surface area contributed by atoms with E-state index in [-0.39, 0.29) is 18.5 Å². The average Bonchev–Trinajstić information content (AvgIpc) is 2.46. The highest BCUT2D eigenvalue weighted by atomic mass is 16.5. The molecule has 0 aliphatic rings. The average molecular weight is 275 g/mol. The van der Waals surface area contributed by atoms with E-state index in [0.717, 1.165) is 0 Å². The van der Waals surface area contributed by atoms with Crippen molar-refractivity contribution in [3.8, 4) is 11.8 Å². The number of ether oxygens (including phenoxy) is 1. The first-order valence-corrected chi connectivity index (χ1v) is 6.58. The zero-order valence-electron chi connectivity index (χ0n) is 12.2. The molecular weight excluding hydrogens is 254 g/mol. The summed E-state index contributed by atoms with van der Waals surface area (Å²) < 4.78 is 5.12. The number of methoxy groups -OCH3 is 1. The van der Waals surface area contributed by atoms with Gasteiger partial charge in [-0.2, -0.15) is 0 Å². The predicted molar refractivity (Wildman–Crippen MR) is 78.2 cm³/mol. The van der Waals surface area contributed by atoms with Crippen LogP contribution in [0.1, 0.15) is 29.8 Å². The minimum absolute atomic E-state index is 0.000910. The molecule has 2 N–H and O–H groups in total. The molecule has 108 valence electrons. The number of likely N-dealkylation sites (N-methyl/N-ethyl adjacent to an activating group) is 1. The van der Waals surface area contributed by atoms with E-state index in [1.807, 2.05) is 13.8 Å². The number of carbonyl (C=O) groups is 1. The third-order valence-corrected chi connectivity index (χ3v) is 2.92. The van der Waals surface area contributed by atoms with Crippen LogP contribution in [0.2, 0.25) is 0 Å². The number of hydrogen-bond donors (Lipinski definition) is 1. The van der Waals surface area contributed by atoms with E-state index < -0.39 is 0 Å². The second-order valence-corrected chi connectivity index (χ2v) is 4.32. The van der Waals surface area contributed by atoms with Crippen LogP contribution in [-0.2, 0) is 4.74 Å². The van der Waals surface area contributed by atoms with Crippen LogP contribution in [0.4, 0.5) is 0 Å². The molecule has 0 fully saturated rings. The van der Waals surface area contributed by atoms with Gasteiger partial charge >= 0.3 is 0 Å². The summed E-state index contributed by atoms with van der Waals surface area (Å²) in [4.78, 5) is 18.4. The number of carbonyl (C=O) groups excluding carboxylic acids is 1. The van der Waals surface area contributed by atoms with Gasteiger partial charge in [-0.25, -0.2) is 0 Å². The van der Waals surface area contributed by atoms with E-state index in [4.69, 9.17) is 10.5 Å². The second kappa shape index (κ2) is 8.31. The largest absolute Gasteiger partial charge is 0.383 e. The Kier molecular flexibility index (Phi) is 6.71. The Morgan fingerprint density at radius 1 is 1.60 bits per heavy atom. The van der Waals surface area contributed by atoms with Crippen LogP contribution in [0.25, 0.3) is 0 Å². The Morgan fingerprint density at radius 2 is 2.35 bits per heavy atom. The molecule has 1 rings (SSSR count). The number of nitrogens with two attached hydrogens (primary N) is 1. The van der Waals surface area contributed by atoms with Crippen LogP contribution in [-0.4, -0.2) is 48.6 Å². The van der Waals surface area contributed by atoms with Crippen molar-refractivity contribution >= 4 is 5.91 Å². The molecule has 1 aromatic rings. The van der Waals surface area contributed by atoms with Crippen molar-refractivity contribution < 1.29 is 9.53 Å². The van der Waals surface area contributed by atoms with Gasteiger partial charge in [-0.15, -0.1) is 0 Å². The van der Waals surface area contributed by atoms with Crippen molar-refractivity contribution in [3.63, 3.8) is 0 Å². The molecule has 5 nitrogen and oxygen atoms in total. The Morgan fingerprint density at radius 3 is 2.95 bits per heavy atom. The number of amides is 1. The highest BCUT2D eigenvalue weighted by Crippen LogP contribution is 2.12. The standard InChI is InChI=1S/C15H21N3O2/c1-4-18(12(2)11-20-3)15(19)14-7-9-17-10-13(14)6-5-8-16/h7,9-10,12H,4,8,11,16H2,1-3H3. The fourth-order valence-corrected chi connectivity index (χ4v) is 1.97. The van der Waals surface area contributed by atoms with Gasteiger partial charge in [0.15, 0.2) is 0 Å². The van der Waals surface area contributed by atoms with E-state index in [0.29, 0.717) is 24.3 Å². The van der Waals surface area contributed by atoms with E-state index >= 15 is 0 Å². The molecule has 5 heteroatoms. The normalized spacial score (nSPS) is 11.4. The van der Waals surface area contributed by atoms with Gasteiger partial charge in [0.05, 0.1) is 30.3 Å². The highest BCUT2D eigenvalue weighted by molar-refractivity contribution is 5.96.